The van der Waals surface area contributed by atoms with Gasteiger partial charge in [0.15, 0.2) is 0 Å². The Labute approximate surface area is 119 Å². The Morgan fingerprint density at radius 3 is 2.19 bits per heavy atom. The Hall–Kier alpha value is -2.89. The number of carboxylic acids is 1. The number of ether oxygens (including phenoxy) is 2. The molecule has 21 heavy (non-hydrogen) atoms. The number of methoxy groups -OCH3 is 2. The van der Waals surface area contributed by atoms with Crippen LogP contribution in [0.2, 0.25) is 0 Å². The van der Waals surface area contributed by atoms with Crippen molar-refractivity contribution in [2.45, 2.75) is 0 Å². The van der Waals surface area contributed by atoms with Crippen molar-refractivity contribution in [3.63, 3.8) is 0 Å². The molecule has 1 N–H and O–H groups in total. The Bertz CT molecular complexity index is 747. The van der Waals surface area contributed by atoms with E-state index in [1.807, 2.05) is 0 Å². The number of benzene rings is 2. The molecule has 0 saturated carbocycles. The second-order valence-corrected chi connectivity index (χ2v) is 4.21. The van der Waals surface area contributed by atoms with Crippen LogP contribution in [0.15, 0.2) is 30.3 Å². The zero-order chi connectivity index (χ0) is 15.6. The minimum Gasteiger partial charge on any atom is -0.478 e. The van der Waals surface area contributed by atoms with Gasteiger partial charge in [0, 0.05) is 0 Å². The maximum atomic E-state index is 11.9. The molecule has 2 rings (SSSR count). The minimum atomic E-state index is -1.08. The Balaban J connectivity index is 2.78. The second kappa shape index (κ2) is 5.62. The van der Waals surface area contributed by atoms with Gasteiger partial charge in [-0.3, -0.25) is 0 Å². The third kappa shape index (κ3) is 2.55. The summed E-state index contributed by atoms with van der Waals surface area (Å²) in [6.07, 6.45) is 0. The van der Waals surface area contributed by atoms with Crippen molar-refractivity contribution in [3.05, 3.63) is 47.0 Å². The van der Waals surface area contributed by atoms with Gasteiger partial charge < -0.3 is 14.6 Å². The smallest absolute Gasteiger partial charge is 0.339 e. The lowest BCUT2D eigenvalue weighted by Crippen LogP contribution is -2.12. The number of esters is 2. The maximum Gasteiger partial charge on any atom is 0.339 e. The van der Waals surface area contributed by atoms with E-state index in [2.05, 4.69) is 4.74 Å². The van der Waals surface area contributed by atoms with Crippen molar-refractivity contribution in [3.8, 4) is 0 Å². The first-order valence-electron chi connectivity index (χ1n) is 5.96. The van der Waals surface area contributed by atoms with Gasteiger partial charge in [0.2, 0.25) is 0 Å². The maximum absolute atomic E-state index is 11.9. The summed E-state index contributed by atoms with van der Waals surface area (Å²) in [6.45, 7) is 0. The van der Waals surface area contributed by atoms with Gasteiger partial charge in [-0.25, -0.2) is 14.4 Å². The lowest BCUT2D eigenvalue weighted by molar-refractivity contribution is 0.0557. The van der Waals surface area contributed by atoms with Gasteiger partial charge in [0.25, 0.3) is 0 Å². The van der Waals surface area contributed by atoms with Crippen molar-refractivity contribution in [2.24, 2.45) is 0 Å². The first-order valence-corrected chi connectivity index (χ1v) is 5.96. The van der Waals surface area contributed by atoms with Crippen LogP contribution in [-0.4, -0.2) is 37.2 Å². The molecule has 108 valence electrons. The summed E-state index contributed by atoms with van der Waals surface area (Å²) < 4.78 is 9.34. The number of hydrogen-bond acceptors (Lipinski definition) is 5. The molecule has 6 heteroatoms. The fourth-order valence-electron chi connectivity index (χ4n) is 2.06. The number of carbonyl (C=O) groups is 3. The van der Waals surface area contributed by atoms with Gasteiger partial charge in [-0.2, -0.15) is 0 Å². The van der Waals surface area contributed by atoms with Crippen molar-refractivity contribution in [2.75, 3.05) is 14.2 Å². The molecule has 0 fully saturated rings. The van der Waals surface area contributed by atoms with E-state index in [0.29, 0.717) is 10.8 Å². The van der Waals surface area contributed by atoms with Crippen LogP contribution >= 0.6 is 0 Å². The quantitative estimate of drug-likeness (QED) is 0.870. The van der Waals surface area contributed by atoms with E-state index in [9.17, 15) is 14.4 Å². The number of rotatable bonds is 3. The standard InChI is InChI=1S/C15H12O6/c1-20-14(18)11-6-3-8-7-9(13(16)17)4-5-10(8)12(11)15(19)21-2/h3-7H,1-2H3,(H,16,17). The topological polar surface area (TPSA) is 89.9 Å². The first kappa shape index (κ1) is 14.5. The molecule has 2 aromatic rings. The van der Waals surface area contributed by atoms with Crippen LogP contribution in [0.1, 0.15) is 31.1 Å². The Morgan fingerprint density at radius 2 is 1.62 bits per heavy atom. The predicted octanol–water partition coefficient (Wildman–Crippen LogP) is 2.11. The molecule has 0 spiro atoms. The number of carboxylic acid groups (broad SMARTS) is 1. The lowest BCUT2D eigenvalue weighted by atomic mass is 9.97. The van der Waals surface area contributed by atoms with Gasteiger partial charge in [-0.1, -0.05) is 12.1 Å². The summed E-state index contributed by atoms with van der Waals surface area (Å²) in [4.78, 5) is 34.7. The van der Waals surface area contributed by atoms with Crippen LogP contribution in [-0.2, 0) is 9.47 Å². The third-order valence-corrected chi connectivity index (χ3v) is 3.06. The van der Waals surface area contributed by atoms with E-state index in [1.165, 1.54) is 38.5 Å². The molecule has 0 saturated heterocycles. The monoisotopic (exact) mass is 288 g/mol. The number of aromatic carboxylic acids is 1. The van der Waals surface area contributed by atoms with Crippen molar-refractivity contribution in [1.82, 2.24) is 0 Å². The molecule has 0 radical (unpaired) electrons. The summed E-state index contributed by atoms with van der Waals surface area (Å²) in [6, 6.07) is 7.22. The zero-order valence-corrected chi connectivity index (χ0v) is 11.4. The molecule has 0 aliphatic heterocycles. The summed E-state index contributed by atoms with van der Waals surface area (Å²) in [7, 11) is 2.41. The molecule has 0 atom stereocenters. The van der Waals surface area contributed by atoms with Gasteiger partial charge >= 0.3 is 17.9 Å². The fourth-order valence-corrected chi connectivity index (χ4v) is 2.06. The molecule has 0 bridgehead atoms. The van der Waals surface area contributed by atoms with Gasteiger partial charge in [0.1, 0.15) is 0 Å². The zero-order valence-electron chi connectivity index (χ0n) is 11.4. The molecular weight excluding hydrogens is 276 g/mol. The normalized spacial score (nSPS) is 10.2. The SMILES string of the molecule is COC(=O)c1ccc2cc(C(=O)O)ccc2c1C(=O)OC. The minimum absolute atomic E-state index is 0.0544. The summed E-state index contributed by atoms with van der Waals surface area (Å²) >= 11 is 0. The molecule has 0 aliphatic carbocycles. The van der Waals surface area contributed by atoms with Gasteiger partial charge in [0.05, 0.1) is 30.9 Å². The highest BCUT2D eigenvalue weighted by Crippen LogP contribution is 2.25. The van der Waals surface area contributed by atoms with E-state index < -0.39 is 17.9 Å². The van der Waals surface area contributed by atoms with Crippen LogP contribution in [0.4, 0.5) is 0 Å². The average Bonchev–Trinajstić information content (AvgIpc) is 2.51. The summed E-state index contributed by atoms with van der Waals surface area (Å²) in [5.74, 6) is -2.43. The largest absolute Gasteiger partial charge is 0.478 e. The van der Waals surface area contributed by atoms with Crippen molar-refractivity contribution in [1.29, 1.82) is 0 Å². The molecule has 6 nitrogen and oxygen atoms in total. The third-order valence-electron chi connectivity index (χ3n) is 3.06. The average molecular weight is 288 g/mol. The first-order chi connectivity index (χ1) is 9.99. The highest BCUT2D eigenvalue weighted by Gasteiger charge is 2.21. The van der Waals surface area contributed by atoms with Crippen LogP contribution in [0, 0.1) is 0 Å². The van der Waals surface area contributed by atoms with Crippen LogP contribution in [0.3, 0.4) is 0 Å². The van der Waals surface area contributed by atoms with Crippen LogP contribution < -0.4 is 0 Å². The Morgan fingerprint density at radius 1 is 0.952 bits per heavy atom. The van der Waals surface area contributed by atoms with E-state index in [-0.39, 0.29) is 16.7 Å². The highest BCUT2D eigenvalue weighted by molar-refractivity contribution is 6.13. The highest BCUT2D eigenvalue weighted by atomic mass is 16.5. The van der Waals surface area contributed by atoms with E-state index in [0.717, 1.165) is 0 Å². The molecular formula is C15H12O6. The van der Waals surface area contributed by atoms with E-state index in [4.69, 9.17) is 9.84 Å². The van der Waals surface area contributed by atoms with E-state index in [1.54, 1.807) is 6.07 Å². The molecule has 0 aromatic heterocycles. The predicted molar refractivity (Wildman–Crippen MR) is 73.6 cm³/mol. The summed E-state index contributed by atoms with van der Waals surface area (Å²) in [5.41, 5.74) is 0.211. The van der Waals surface area contributed by atoms with E-state index >= 15 is 0 Å². The van der Waals surface area contributed by atoms with Crippen molar-refractivity contribution >= 4 is 28.7 Å². The van der Waals surface area contributed by atoms with Crippen molar-refractivity contribution < 1.29 is 29.0 Å². The Kier molecular flexibility index (Phi) is 3.89. The number of hydrogen-bond donors (Lipinski definition) is 1. The fraction of sp³-hybridized carbons (Fsp3) is 0.133. The second-order valence-electron chi connectivity index (χ2n) is 4.21. The number of carbonyl (C=O) groups excluding carboxylic acids is 2. The van der Waals surface area contributed by atoms with Gasteiger partial charge in [-0.15, -0.1) is 0 Å². The molecule has 0 amide bonds. The van der Waals surface area contributed by atoms with Crippen LogP contribution in [0.25, 0.3) is 10.8 Å². The lowest BCUT2D eigenvalue weighted by Gasteiger charge is -2.10. The number of fused-ring (bicyclic) bond motifs is 1. The van der Waals surface area contributed by atoms with Crippen LogP contribution in [0.5, 0.6) is 0 Å². The molecule has 0 unspecified atom stereocenters. The molecule has 2 aromatic carbocycles. The summed E-state index contributed by atoms with van der Waals surface area (Å²) in [5, 5.41) is 9.93. The molecule has 0 aliphatic rings. The van der Waals surface area contributed by atoms with Gasteiger partial charge in [-0.05, 0) is 29.0 Å². The molecule has 0 heterocycles.